The van der Waals surface area contributed by atoms with Crippen molar-refractivity contribution in [1.82, 2.24) is 14.9 Å². The summed E-state index contributed by atoms with van der Waals surface area (Å²) in [7, 11) is 0. The molecule has 1 amide bonds. The number of carbonyl (C=O) groups is 1. The van der Waals surface area contributed by atoms with Crippen molar-refractivity contribution in [2.45, 2.75) is 19.8 Å². The first kappa shape index (κ1) is 20.6. The van der Waals surface area contributed by atoms with E-state index in [4.69, 9.17) is 4.74 Å². The van der Waals surface area contributed by atoms with Crippen molar-refractivity contribution in [2.24, 2.45) is 0 Å². The molecule has 9 heteroatoms. The van der Waals surface area contributed by atoms with Gasteiger partial charge in [0.05, 0.1) is 36.2 Å². The molecule has 0 spiro atoms. The van der Waals surface area contributed by atoms with Gasteiger partial charge in [-0.05, 0) is 42.3 Å². The van der Waals surface area contributed by atoms with Gasteiger partial charge in [-0.15, -0.1) is 13.2 Å². The van der Waals surface area contributed by atoms with Gasteiger partial charge in [-0.1, -0.05) is 18.2 Å². The summed E-state index contributed by atoms with van der Waals surface area (Å²) in [6, 6.07) is 10.6. The summed E-state index contributed by atoms with van der Waals surface area (Å²) < 4.78 is 46.7. The van der Waals surface area contributed by atoms with Gasteiger partial charge in [0.2, 0.25) is 0 Å². The van der Waals surface area contributed by atoms with Crippen LogP contribution in [-0.2, 0) is 6.54 Å². The van der Waals surface area contributed by atoms with E-state index in [1.807, 2.05) is 6.92 Å². The van der Waals surface area contributed by atoms with Crippen molar-refractivity contribution in [3.05, 3.63) is 71.8 Å². The zero-order valence-electron chi connectivity index (χ0n) is 16.5. The summed E-state index contributed by atoms with van der Waals surface area (Å²) in [5.74, 6) is -0.0622. The fourth-order valence-corrected chi connectivity index (χ4v) is 3.24. The van der Waals surface area contributed by atoms with Crippen LogP contribution in [0.4, 0.5) is 13.2 Å². The van der Waals surface area contributed by atoms with Crippen LogP contribution in [0, 0.1) is 6.92 Å². The Bertz CT molecular complexity index is 1080. The molecule has 0 aliphatic carbocycles. The summed E-state index contributed by atoms with van der Waals surface area (Å²) in [6.45, 7) is 2.85. The van der Waals surface area contributed by atoms with Gasteiger partial charge in [-0.3, -0.25) is 14.8 Å². The minimum Gasteiger partial charge on any atom is -0.491 e. The first-order chi connectivity index (χ1) is 14.8. The molecule has 1 aliphatic rings. The highest BCUT2D eigenvalue weighted by atomic mass is 19.4. The molecule has 2 aromatic carbocycles. The van der Waals surface area contributed by atoms with Gasteiger partial charge in [-0.25, -0.2) is 0 Å². The molecular weight excluding hydrogens is 411 g/mol. The molecule has 31 heavy (non-hydrogen) atoms. The van der Waals surface area contributed by atoms with Crippen LogP contribution >= 0.6 is 0 Å². The third-order valence-corrected chi connectivity index (χ3v) is 4.72. The summed E-state index contributed by atoms with van der Waals surface area (Å²) in [4.78, 5) is 23.3. The van der Waals surface area contributed by atoms with Crippen LogP contribution in [0.15, 0.2) is 54.9 Å². The first-order valence-electron chi connectivity index (χ1n) is 9.48. The monoisotopic (exact) mass is 429 g/mol. The first-order valence-corrected chi connectivity index (χ1v) is 9.48. The molecule has 1 aliphatic heterocycles. The number of carbonyl (C=O) groups excluding carboxylic acids is 1. The lowest BCUT2D eigenvalue weighted by Crippen LogP contribution is -2.32. The maximum Gasteiger partial charge on any atom is 0.573 e. The molecule has 0 atom stereocenters. The van der Waals surface area contributed by atoms with Crippen LogP contribution in [-0.4, -0.2) is 40.3 Å². The number of hydrogen-bond donors (Lipinski definition) is 0. The van der Waals surface area contributed by atoms with E-state index >= 15 is 0 Å². The van der Waals surface area contributed by atoms with Gasteiger partial charge in [0.25, 0.3) is 5.91 Å². The average Bonchev–Trinajstić information content (AvgIpc) is 2.88. The topological polar surface area (TPSA) is 64.6 Å². The van der Waals surface area contributed by atoms with E-state index in [1.54, 1.807) is 35.5 Å². The lowest BCUT2D eigenvalue weighted by molar-refractivity contribution is -0.274. The number of benzene rings is 2. The number of nitrogens with zero attached hydrogens (tertiary/aromatic N) is 3. The third kappa shape index (κ3) is 4.93. The summed E-state index contributed by atoms with van der Waals surface area (Å²) >= 11 is 0. The van der Waals surface area contributed by atoms with Gasteiger partial charge >= 0.3 is 6.36 Å². The normalized spacial score (nSPS) is 13.9. The number of hydrogen-bond acceptors (Lipinski definition) is 5. The molecule has 160 valence electrons. The number of aryl methyl sites for hydroxylation is 1. The van der Waals surface area contributed by atoms with Crippen LogP contribution in [0.3, 0.4) is 0 Å². The van der Waals surface area contributed by atoms with Crippen LogP contribution in [0.25, 0.3) is 11.1 Å². The fraction of sp³-hybridized carbons (Fsp3) is 0.227. The van der Waals surface area contributed by atoms with Crippen LogP contribution in [0.1, 0.15) is 21.7 Å². The van der Waals surface area contributed by atoms with Gasteiger partial charge in [-0.2, -0.15) is 0 Å². The lowest BCUT2D eigenvalue weighted by atomic mass is 10.0. The van der Waals surface area contributed by atoms with E-state index in [0.29, 0.717) is 47.8 Å². The van der Waals surface area contributed by atoms with E-state index in [2.05, 4.69) is 14.7 Å². The standard InChI is InChI=1S/C22H18F3N3O3/c1-14-11-27-17(12-26-14)13-28-8-9-30-20-7-4-16(10-19(20)21(28)29)15-2-5-18(6-3-15)31-22(23,24)25/h2-7,10-12H,8-9,13H2,1H3. The van der Waals surface area contributed by atoms with Crippen molar-refractivity contribution in [3.8, 4) is 22.6 Å². The summed E-state index contributed by atoms with van der Waals surface area (Å²) in [6.07, 6.45) is -1.47. The Morgan fingerprint density at radius 3 is 2.48 bits per heavy atom. The highest BCUT2D eigenvalue weighted by Crippen LogP contribution is 2.31. The largest absolute Gasteiger partial charge is 0.573 e. The van der Waals surface area contributed by atoms with Crippen molar-refractivity contribution in [2.75, 3.05) is 13.2 Å². The summed E-state index contributed by atoms with van der Waals surface area (Å²) in [5.41, 5.74) is 3.15. The molecule has 3 aromatic rings. The van der Waals surface area contributed by atoms with Crippen molar-refractivity contribution in [3.63, 3.8) is 0 Å². The Morgan fingerprint density at radius 2 is 1.81 bits per heavy atom. The van der Waals surface area contributed by atoms with E-state index in [-0.39, 0.29) is 11.7 Å². The minimum atomic E-state index is -4.75. The Morgan fingerprint density at radius 1 is 1.06 bits per heavy atom. The van der Waals surface area contributed by atoms with E-state index in [1.165, 1.54) is 24.3 Å². The number of alkyl halides is 3. The predicted octanol–water partition coefficient (Wildman–Crippen LogP) is 4.39. The molecule has 0 radical (unpaired) electrons. The molecule has 2 heterocycles. The Hall–Kier alpha value is -3.62. The predicted molar refractivity (Wildman–Crippen MR) is 106 cm³/mol. The molecule has 0 unspecified atom stereocenters. The highest BCUT2D eigenvalue weighted by molar-refractivity contribution is 5.98. The van der Waals surface area contributed by atoms with E-state index in [9.17, 15) is 18.0 Å². The maximum absolute atomic E-state index is 13.2. The zero-order chi connectivity index (χ0) is 22.0. The Balaban J connectivity index is 1.58. The maximum atomic E-state index is 13.2. The molecule has 0 bridgehead atoms. The number of amides is 1. The number of halogens is 3. The second kappa shape index (κ2) is 8.25. The van der Waals surface area contributed by atoms with Crippen molar-refractivity contribution >= 4 is 5.91 Å². The second-order valence-corrected chi connectivity index (χ2v) is 7.01. The lowest BCUT2D eigenvalue weighted by Gasteiger charge is -2.19. The Kier molecular flexibility index (Phi) is 5.50. The molecule has 4 rings (SSSR count). The average molecular weight is 429 g/mol. The van der Waals surface area contributed by atoms with Gasteiger partial charge in [0.1, 0.15) is 18.1 Å². The molecule has 0 saturated carbocycles. The zero-order valence-corrected chi connectivity index (χ0v) is 16.5. The SMILES string of the molecule is Cc1cnc(CN2CCOc3ccc(-c4ccc(OC(F)(F)F)cc4)cc3C2=O)cn1. The molecule has 0 fully saturated rings. The highest BCUT2D eigenvalue weighted by Gasteiger charge is 2.31. The van der Waals surface area contributed by atoms with Gasteiger partial charge < -0.3 is 14.4 Å². The molecule has 1 aromatic heterocycles. The summed E-state index contributed by atoms with van der Waals surface area (Å²) in [5, 5.41) is 0. The van der Waals surface area contributed by atoms with Crippen molar-refractivity contribution < 1.29 is 27.4 Å². The number of fused-ring (bicyclic) bond motifs is 1. The smallest absolute Gasteiger partial charge is 0.491 e. The molecular formula is C22H18F3N3O3. The minimum absolute atomic E-state index is 0.214. The molecule has 0 N–H and O–H groups in total. The molecule has 6 nitrogen and oxygen atoms in total. The van der Waals surface area contributed by atoms with Crippen LogP contribution in [0.5, 0.6) is 11.5 Å². The number of rotatable bonds is 4. The number of aromatic nitrogens is 2. The van der Waals surface area contributed by atoms with Crippen molar-refractivity contribution in [1.29, 1.82) is 0 Å². The third-order valence-electron chi connectivity index (χ3n) is 4.72. The van der Waals surface area contributed by atoms with E-state index in [0.717, 1.165) is 5.69 Å². The second-order valence-electron chi connectivity index (χ2n) is 7.01. The quantitative estimate of drug-likeness (QED) is 0.616. The Labute approximate surface area is 176 Å². The number of ether oxygens (including phenoxy) is 2. The van der Waals surface area contributed by atoms with E-state index < -0.39 is 6.36 Å². The fourth-order valence-electron chi connectivity index (χ4n) is 3.24. The molecule has 0 saturated heterocycles. The van der Waals surface area contributed by atoms with Gasteiger partial charge in [0.15, 0.2) is 0 Å². The van der Waals surface area contributed by atoms with Gasteiger partial charge in [0, 0.05) is 6.20 Å². The van der Waals surface area contributed by atoms with Crippen LogP contribution in [0.2, 0.25) is 0 Å². The van der Waals surface area contributed by atoms with Crippen LogP contribution < -0.4 is 9.47 Å².